The van der Waals surface area contributed by atoms with E-state index in [1.165, 1.54) is 24.3 Å². The highest BCUT2D eigenvalue weighted by Crippen LogP contribution is 2.60. The van der Waals surface area contributed by atoms with Gasteiger partial charge in [-0.2, -0.15) is 0 Å². The van der Waals surface area contributed by atoms with E-state index in [-0.39, 0.29) is 21.4 Å². The van der Waals surface area contributed by atoms with Crippen molar-refractivity contribution < 1.29 is 29.0 Å². The van der Waals surface area contributed by atoms with Crippen LogP contribution < -0.4 is 9.80 Å². The molecule has 4 aromatic rings. The number of anilines is 2. The molecule has 8 rings (SSSR count). The van der Waals surface area contributed by atoms with E-state index in [1.54, 1.807) is 58.5 Å². The summed E-state index contributed by atoms with van der Waals surface area (Å²) in [4.78, 5) is 82.1. The number of fused-ring (bicyclic) bond motifs is 5. The maximum absolute atomic E-state index is 14.6. The Morgan fingerprint density at radius 3 is 1.15 bits per heavy atom. The van der Waals surface area contributed by atoms with E-state index in [4.69, 9.17) is 46.4 Å². The summed E-state index contributed by atoms with van der Waals surface area (Å²) in [6, 6.07) is 15.5. The summed E-state index contributed by atoms with van der Waals surface area (Å²) in [5.41, 5.74) is -0.201. The van der Waals surface area contributed by atoms with Gasteiger partial charge >= 0.3 is 0 Å². The van der Waals surface area contributed by atoms with Gasteiger partial charge in [-0.05, 0) is 59.7 Å². The van der Waals surface area contributed by atoms with Crippen LogP contribution >= 0.6 is 46.4 Å². The smallest absolute Gasteiger partial charge is 0.274 e. The van der Waals surface area contributed by atoms with Crippen LogP contribution in [0, 0.1) is 32.1 Å². The molecule has 0 bridgehead atoms. The van der Waals surface area contributed by atoms with Gasteiger partial charge in [-0.25, -0.2) is 19.8 Å². The SMILES string of the molecule is O=C1C2C(C(=O)N1c1ccc(Cl)c([N+](=O)[O-])c1)N1C(c3ccc(Cl)cc3)C3C(=O)N(c4ccc(Cl)c([N+](=O)[O-])c4)C(=O)C3N1C2c1ccc(Cl)cc1. The summed E-state index contributed by atoms with van der Waals surface area (Å²) < 4.78 is 0. The standard InChI is InChI=1S/C34H20Cl4N6O8/c35-17-5-1-15(2-6-17)27-25-29(33(47)39(31(25)45)19-9-11-21(37)23(13-19)43(49)50)42-28(16-3-7-18(36)8-4-16)26-30(41(27)42)34(48)40(32(26)46)20-10-12-22(38)24(14-20)44(51)52/h1-14,25-30H. The van der Waals surface area contributed by atoms with Gasteiger partial charge in [0, 0.05) is 22.2 Å². The summed E-state index contributed by atoms with van der Waals surface area (Å²) in [7, 11) is 0. The number of nitro groups is 2. The molecule has 0 aromatic heterocycles. The predicted octanol–water partition coefficient (Wildman–Crippen LogP) is 6.56. The Labute approximate surface area is 312 Å². The molecule has 0 saturated carbocycles. The molecule has 0 spiro atoms. The number of hydrogen-bond donors (Lipinski definition) is 0. The van der Waals surface area contributed by atoms with Crippen molar-refractivity contribution in [3.8, 4) is 0 Å². The van der Waals surface area contributed by atoms with Crippen LogP contribution in [0.15, 0.2) is 84.9 Å². The van der Waals surface area contributed by atoms with Crippen LogP contribution in [0.4, 0.5) is 22.7 Å². The Hall–Kier alpha value is -4.96. The third kappa shape index (κ3) is 4.94. The number of nitrogens with zero attached hydrogens (tertiary/aromatic N) is 6. The molecule has 4 aromatic carbocycles. The first-order valence-electron chi connectivity index (χ1n) is 15.5. The topological polar surface area (TPSA) is 168 Å². The number of rotatable bonds is 6. The molecule has 6 atom stereocenters. The average molecular weight is 782 g/mol. The van der Waals surface area contributed by atoms with E-state index in [0.717, 1.165) is 21.9 Å². The predicted molar refractivity (Wildman–Crippen MR) is 188 cm³/mol. The van der Waals surface area contributed by atoms with Crippen LogP contribution in [0.25, 0.3) is 0 Å². The van der Waals surface area contributed by atoms with Crippen LogP contribution in [0.2, 0.25) is 20.1 Å². The fraction of sp³-hybridized carbons (Fsp3) is 0.176. The first kappa shape index (κ1) is 34.1. The van der Waals surface area contributed by atoms with E-state index in [1.807, 2.05) is 0 Å². The summed E-state index contributed by atoms with van der Waals surface area (Å²) in [6.07, 6.45) is 0. The normalized spacial score (nSPS) is 25.5. The number of benzene rings is 4. The minimum absolute atomic E-state index is 0.0769. The summed E-state index contributed by atoms with van der Waals surface area (Å²) >= 11 is 24.6. The molecule has 4 aliphatic heterocycles. The molecule has 18 heteroatoms. The highest BCUT2D eigenvalue weighted by Gasteiger charge is 2.73. The van der Waals surface area contributed by atoms with Crippen molar-refractivity contribution in [2.24, 2.45) is 11.8 Å². The molecular formula is C34H20Cl4N6O8. The molecule has 0 aliphatic carbocycles. The molecule has 4 aliphatic rings. The zero-order valence-corrected chi connectivity index (χ0v) is 29.0. The third-order valence-corrected chi connectivity index (χ3v) is 11.1. The number of halogens is 4. The Morgan fingerprint density at radius 2 is 0.827 bits per heavy atom. The van der Waals surface area contributed by atoms with Crippen LogP contribution in [-0.2, 0) is 19.2 Å². The van der Waals surface area contributed by atoms with E-state index >= 15 is 0 Å². The van der Waals surface area contributed by atoms with E-state index in [2.05, 4.69) is 0 Å². The summed E-state index contributed by atoms with van der Waals surface area (Å²) in [5, 5.41) is 27.0. The van der Waals surface area contributed by atoms with Gasteiger partial charge in [0.25, 0.3) is 23.2 Å². The first-order valence-corrected chi connectivity index (χ1v) is 17.0. The van der Waals surface area contributed by atoms with Gasteiger partial charge in [0.15, 0.2) is 0 Å². The number of imide groups is 2. The molecule has 52 heavy (non-hydrogen) atoms. The van der Waals surface area contributed by atoms with Crippen molar-refractivity contribution in [1.82, 2.24) is 10.0 Å². The Kier molecular flexibility index (Phi) is 8.09. The second-order valence-electron chi connectivity index (χ2n) is 12.5. The number of carbonyl (C=O) groups is 4. The van der Waals surface area contributed by atoms with Crippen LogP contribution in [-0.4, -0.2) is 55.6 Å². The number of amides is 4. The van der Waals surface area contributed by atoms with Crippen LogP contribution in [0.3, 0.4) is 0 Å². The van der Waals surface area contributed by atoms with Gasteiger partial charge in [0.2, 0.25) is 11.8 Å². The summed E-state index contributed by atoms with van der Waals surface area (Å²) in [5.74, 6) is -5.22. The van der Waals surface area contributed by atoms with Crippen molar-refractivity contribution >= 4 is 92.8 Å². The fourth-order valence-corrected chi connectivity index (χ4v) is 8.51. The lowest BCUT2D eigenvalue weighted by molar-refractivity contribution is -0.384. The molecule has 262 valence electrons. The maximum Gasteiger partial charge on any atom is 0.289 e. The van der Waals surface area contributed by atoms with Gasteiger partial charge in [-0.3, -0.25) is 39.4 Å². The largest absolute Gasteiger partial charge is 0.289 e. The number of nitro benzene ring substituents is 2. The highest BCUT2D eigenvalue weighted by atomic mass is 35.5. The van der Waals surface area contributed by atoms with Gasteiger partial charge in [-0.15, -0.1) is 0 Å². The van der Waals surface area contributed by atoms with E-state index < -0.39 is 80.9 Å². The monoisotopic (exact) mass is 780 g/mol. The third-order valence-electron chi connectivity index (χ3n) is 9.92. The van der Waals surface area contributed by atoms with Gasteiger partial charge in [0.05, 0.1) is 45.1 Å². The molecule has 4 saturated heterocycles. The van der Waals surface area contributed by atoms with Crippen LogP contribution in [0.5, 0.6) is 0 Å². The average Bonchev–Trinajstić information content (AvgIpc) is 3.77. The lowest BCUT2D eigenvalue weighted by atomic mass is 9.84. The van der Waals surface area contributed by atoms with Crippen LogP contribution in [0.1, 0.15) is 23.2 Å². The van der Waals surface area contributed by atoms with Crippen molar-refractivity contribution in [3.63, 3.8) is 0 Å². The van der Waals surface area contributed by atoms with Gasteiger partial charge in [0.1, 0.15) is 22.1 Å². The maximum atomic E-state index is 14.6. The zero-order chi connectivity index (χ0) is 36.9. The van der Waals surface area contributed by atoms with Crippen molar-refractivity contribution in [2.45, 2.75) is 24.2 Å². The Bertz CT molecular complexity index is 2120. The Balaban J connectivity index is 1.32. The molecule has 0 radical (unpaired) electrons. The fourth-order valence-electron chi connectivity index (χ4n) is 7.89. The lowest BCUT2D eigenvalue weighted by Gasteiger charge is -2.35. The Morgan fingerprint density at radius 1 is 0.481 bits per heavy atom. The summed E-state index contributed by atoms with van der Waals surface area (Å²) in [6.45, 7) is 0. The number of carbonyl (C=O) groups excluding carboxylic acids is 4. The van der Waals surface area contributed by atoms with Crippen molar-refractivity contribution in [3.05, 3.63) is 136 Å². The highest BCUT2D eigenvalue weighted by molar-refractivity contribution is 6.34. The minimum Gasteiger partial charge on any atom is -0.274 e. The van der Waals surface area contributed by atoms with E-state index in [0.29, 0.717) is 21.2 Å². The molecular weight excluding hydrogens is 762 g/mol. The second-order valence-corrected chi connectivity index (χ2v) is 14.2. The molecule has 14 nitrogen and oxygen atoms in total. The molecule has 4 fully saturated rings. The number of hydrazine groups is 1. The molecule has 6 unspecified atom stereocenters. The minimum atomic E-state index is -1.28. The molecule has 4 amide bonds. The molecule has 0 N–H and O–H groups in total. The quantitative estimate of drug-likeness (QED) is 0.119. The second kappa shape index (κ2) is 12.3. The lowest BCUT2D eigenvalue weighted by Crippen LogP contribution is -2.50. The van der Waals surface area contributed by atoms with Crippen molar-refractivity contribution in [2.75, 3.05) is 9.80 Å². The van der Waals surface area contributed by atoms with Gasteiger partial charge < -0.3 is 0 Å². The van der Waals surface area contributed by atoms with E-state index in [9.17, 15) is 39.4 Å². The first-order chi connectivity index (χ1) is 24.8. The molecule has 4 heterocycles. The number of hydrogen-bond acceptors (Lipinski definition) is 10. The zero-order valence-electron chi connectivity index (χ0n) is 26.0. The van der Waals surface area contributed by atoms with Crippen molar-refractivity contribution in [1.29, 1.82) is 0 Å². The van der Waals surface area contributed by atoms with Gasteiger partial charge in [-0.1, -0.05) is 70.7 Å².